The number of carbonyl (C=O) groups is 1. The van der Waals surface area contributed by atoms with Gasteiger partial charge in [-0.2, -0.15) is 0 Å². The second-order valence-corrected chi connectivity index (χ2v) is 4.06. The average Bonchev–Trinajstić information content (AvgIpc) is 2.18. The minimum absolute atomic E-state index is 0.0718. The molecular formula is C10H21NO3. The highest BCUT2D eigenvalue weighted by molar-refractivity contribution is 5.79. The maximum absolute atomic E-state index is 11.5. The molecule has 3 N–H and O–H groups in total. The molecular weight excluding hydrogens is 182 g/mol. The highest BCUT2D eigenvalue weighted by Gasteiger charge is 2.26. The fourth-order valence-electron chi connectivity index (χ4n) is 1.11. The van der Waals surface area contributed by atoms with Crippen LogP contribution in [0.5, 0.6) is 0 Å². The molecule has 0 aliphatic heterocycles. The molecule has 0 aromatic heterocycles. The molecule has 0 fully saturated rings. The number of hydrogen-bond acceptors (Lipinski definition) is 3. The van der Waals surface area contributed by atoms with Crippen molar-refractivity contribution in [1.82, 2.24) is 5.32 Å². The van der Waals surface area contributed by atoms with E-state index in [4.69, 9.17) is 10.2 Å². The lowest BCUT2D eigenvalue weighted by molar-refractivity contribution is -0.127. The Morgan fingerprint density at radius 2 is 1.93 bits per heavy atom. The number of rotatable bonds is 6. The molecule has 1 amide bonds. The topological polar surface area (TPSA) is 69.6 Å². The lowest BCUT2D eigenvalue weighted by atomic mass is 10.0. The van der Waals surface area contributed by atoms with E-state index in [0.29, 0.717) is 0 Å². The molecule has 4 nitrogen and oxygen atoms in total. The first-order valence-electron chi connectivity index (χ1n) is 5.03. The van der Waals surface area contributed by atoms with E-state index in [2.05, 4.69) is 5.32 Å². The molecule has 0 saturated carbocycles. The first-order chi connectivity index (χ1) is 6.49. The summed E-state index contributed by atoms with van der Waals surface area (Å²) in [6.45, 7) is 4.96. The molecule has 14 heavy (non-hydrogen) atoms. The van der Waals surface area contributed by atoms with Crippen LogP contribution >= 0.6 is 0 Å². The van der Waals surface area contributed by atoms with E-state index in [1.54, 1.807) is 6.92 Å². The maximum Gasteiger partial charge on any atom is 0.223 e. The number of nitrogens with one attached hydrogen (secondary N) is 1. The van der Waals surface area contributed by atoms with Gasteiger partial charge >= 0.3 is 0 Å². The molecule has 0 saturated heterocycles. The van der Waals surface area contributed by atoms with Crippen LogP contribution in [-0.4, -0.2) is 34.9 Å². The Bertz CT molecular complexity index is 178. The van der Waals surface area contributed by atoms with Crippen LogP contribution in [0.3, 0.4) is 0 Å². The van der Waals surface area contributed by atoms with Crippen LogP contribution < -0.4 is 5.32 Å². The van der Waals surface area contributed by atoms with E-state index >= 15 is 0 Å². The van der Waals surface area contributed by atoms with Crippen molar-refractivity contribution in [3.63, 3.8) is 0 Å². The second kappa shape index (κ2) is 5.98. The number of carbonyl (C=O) groups excluding carboxylic acids is 1. The Morgan fingerprint density at radius 3 is 2.29 bits per heavy atom. The minimum Gasteiger partial charge on any atom is -0.394 e. The zero-order valence-electron chi connectivity index (χ0n) is 9.21. The number of amides is 1. The fraction of sp³-hybridized carbons (Fsp3) is 0.900. The Kier molecular flexibility index (Phi) is 5.72. The number of aliphatic hydroxyl groups excluding tert-OH is 2. The molecule has 0 radical (unpaired) electrons. The molecule has 0 aromatic carbocycles. The van der Waals surface area contributed by atoms with Crippen molar-refractivity contribution in [1.29, 1.82) is 0 Å². The summed E-state index contributed by atoms with van der Waals surface area (Å²) in [5.74, 6) is -0.185. The molecule has 0 aliphatic rings. The van der Waals surface area contributed by atoms with Crippen LogP contribution in [0.25, 0.3) is 0 Å². The van der Waals surface area contributed by atoms with E-state index < -0.39 is 5.54 Å². The first-order valence-corrected chi connectivity index (χ1v) is 5.03. The highest BCUT2D eigenvalue weighted by atomic mass is 16.3. The molecule has 84 valence electrons. The highest BCUT2D eigenvalue weighted by Crippen LogP contribution is 2.08. The van der Waals surface area contributed by atoms with Crippen LogP contribution in [-0.2, 0) is 4.79 Å². The van der Waals surface area contributed by atoms with Crippen molar-refractivity contribution in [3.05, 3.63) is 0 Å². The van der Waals surface area contributed by atoms with Gasteiger partial charge in [-0.3, -0.25) is 4.79 Å². The third-order valence-electron chi connectivity index (χ3n) is 2.29. The van der Waals surface area contributed by atoms with Crippen LogP contribution in [0.1, 0.15) is 33.6 Å². The van der Waals surface area contributed by atoms with Gasteiger partial charge in [0.05, 0.1) is 18.8 Å². The molecule has 0 heterocycles. The molecule has 0 bridgehead atoms. The average molecular weight is 203 g/mol. The van der Waals surface area contributed by atoms with Crippen LogP contribution in [0.2, 0.25) is 0 Å². The lowest BCUT2D eigenvalue weighted by Gasteiger charge is -2.27. The summed E-state index contributed by atoms with van der Waals surface area (Å²) >= 11 is 0. The molecule has 1 unspecified atom stereocenters. The van der Waals surface area contributed by atoms with E-state index in [0.717, 1.165) is 12.8 Å². The zero-order valence-corrected chi connectivity index (χ0v) is 9.21. The van der Waals surface area contributed by atoms with Gasteiger partial charge in [0, 0.05) is 5.92 Å². The monoisotopic (exact) mass is 203 g/mol. The maximum atomic E-state index is 11.5. The summed E-state index contributed by atoms with van der Waals surface area (Å²) in [6, 6.07) is 0. The predicted octanol–water partition coefficient (Wildman–Crippen LogP) is 0.282. The van der Waals surface area contributed by atoms with Crippen molar-refractivity contribution >= 4 is 5.91 Å². The first kappa shape index (κ1) is 13.4. The smallest absolute Gasteiger partial charge is 0.223 e. The Labute approximate surface area is 85.3 Å². The van der Waals surface area contributed by atoms with Crippen molar-refractivity contribution in [2.75, 3.05) is 13.2 Å². The van der Waals surface area contributed by atoms with Gasteiger partial charge < -0.3 is 15.5 Å². The van der Waals surface area contributed by atoms with Gasteiger partial charge in [-0.05, 0) is 13.3 Å². The number of aliphatic hydroxyl groups is 2. The van der Waals surface area contributed by atoms with Crippen molar-refractivity contribution < 1.29 is 15.0 Å². The minimum atomic E-state index is -0.904. The van der Waals surface area contributed by atoms with Gasteiger partial charge in [0.25, 0.3) is 0 Å². The van der Waals surface area contributed by atoms with Gasteiger partial charge in [0.2, 0.25) is 5.91 Å². The van der Waals surface area contributed by atoms with E-state index in [9.17, 15) is 4.79 Å². The summed E-state index contributed by atoms with van der Waals surface area (Å²) in [5, 5.41) is 20.6. The third-order valence-corrected chi connectivity index (χ3v) is 2.29. The summed E-state index contributed by atoms with van der Waals surface area (Å²) in [7, 11) is 0. The Balaban J connectivity index is 4.15. The molecule has 0 aliphatic carbocycles. The van der Waals surface area contributed by atoms with E-state index in [-0.39, 0.29) is 25.0 Å². The van der Waals surface area contributed by atoms with Gasteiger partial charge in [0.15, 0.2) is 0 Å². The van der Waals surface area contributed by atoms with Crippen LogP contribution in [0.4, 0.5) is 0 Å². The molecule has 0 rings (SSSR count). The summed E-state index contributed by atoms with van der Waals surface area (Å²) in [6.07, 6.45) is 1.77. The van der Waals surface area contributed by atoms with Crippen molar-refractivity contribution in [2.24, 2.45) is 5.92 Å². The summed E-state index contributed by atoms with van der Waals surface area (Å²) in [4.78, 5) is 11.5. The van der Waals surface area contributed by atoms with E-state index in [1.165, 1.54) is 0 Å². The molecule has 0 aromatic rings. The van der Waals surface area contributed by atoms with Crippen LogP contribution in [0.15, 0.2) is 0 Å². The second-order valence-electron chi connectivity index (χ2n) is 4.06. The SMILES string of the molecule is CCCC(C)C(=O)NC(C)(CO)CO. The van der Waals surface area contributed by atoms with Crippen molar-refractivity contribution in [3.8, 4) is 0 Å². The van der Waals surface area contributed by atoms with Gasteiger partial charge in [-0.25, -0.2) is 0 Å². The molecule has 4 heteroatoms. The summed E-state index contributed by atoms with van der Waals surface area (Å²) < 4.78 is 0. The van der Waals surface area contributed by atoms with Gasteiger partial charge in [-0.15, -0.1) is 0 Å². The Hall–Kier alpha value is -0.610. The zero-order chi connectivity index (χ0) is 11.2. The quantitative estimate of drug-likeness (QED) is 0.581. The standard InChI is InChI=1S/C10H21NO3/c1-4-5-8(2)9(14)11-10(3,6-12)7-13/h8,12-13H,4-7H2,1-3H3,(H,11,14). The molecule has 1 atom stereocenters. The van der Waals surface area contributed by atoms with E-state index in [1.807, 2.05) is 13.8 Å². The Morgan fingerprint density at radius 1 is 1.43 bits per heavy atom. The van der Waals surface area contributed by atoms with Gasteiger partial charge in [0.1, 0.15) is 0 Å². The predicted molar refractivity (Wildman–Crippen MR) is 54.8 cm³/mol. The molecule has 0 spiro atoms. The largest absolute Gasteiger partial charge is 0.394 e. The lowest BCUT2D eigenvalue weighted by Crippen LogP contribution is -2.53. The van der Waals surface area contributed by atoms with Crippen molar-refractivity contribution in [2.45, 2.75) is 39.2 Å². The van der Waals surface area contributed by atoms with Gasteiger partial charge in [-0.1, -0.05) is 20.3 Å². The third kappa shape index (κ3) is 4.07. The summed E-state index contributed by atoms with van der Waals surface area (Å²) in [5.41, 5.74) is -0.904. The normalized spacial score (nSPS) is 13.8. The number of hydrogen-bond donors (Lipinski definition) is 3. The van der Waals surface area contributed by atoms with Crippen LogP contribution in [0, 0.1) is 5.92 Å². The fourth-order valence-corrected chi connectivity index (χ4v) is 1.11.